The lowest BCUT2D eigenvalue weighted by atomic mass is 10.2. The average Bonchev–Trinajstić information content (AvgIpc) is 2.47. The van der Waals surface area contributed by atoms with Crippen LogP contribution in [0.15, 0.2) is 30.3 Å². The fourth-order valence-corrected chi connectivity index (χ4v) is 2.56. The Balaban J connectivity index is 1.91. The number of fused-ring (bicyclic) bond motifs is 1. The Labute approximate surface area is 124 Å². The number of rotatable bonds is 1. The van der Waals surface area contributed by atoms with E-state index in [1.165, 1.54) is 0 Å². The third-order valence-electron chi connectivity index (χ3n) is 3.41. The number of benzene rings is 1. The first-order valence-electron chi connectivity index (χ1n) is 6.44. The van der Waals surface area contributed by atoms with Crippen molar-refractivity contribution in [3.63, 3.8) is 0 Å². The van der Waals surface area contributed by atoms with Gasteiger partial charge < -0.3 is 9.64 Å². The van der Waals surface area contributed by atoms with Gasteiger partial charge in [0, 0.05) is 11.9 Å². The number of hydrogen-bond donors (Lipinski definition) is 0. The molecule has 0 spiro atoms. The van der Waals surface area contributed by atoms with Crippen molar-refractivity contribution in [3.05, 3.63) is 35.4 Å². The van der Waals surface area contributed by atoms with Crippen LogP contribution in [0.3, 0.4) is 0 Å². The first-order chi connectivity index (χ1) is 9.95. The number of hydrogen-bond acceptors (Lipinski definition) is 3. The molecule has 1 saturated heterocycles. The largest absolute Gasteiger partial charge is 0.416 e. The lowest BCUT2D eigenvalue weighted by molar-refractivity contribution is -0.221. The van der Waals surface area contributed by atoms with E-state index in [0.717, 1.165) is 5.39 Å². The van der Waals surface area contributed by atoms with Crippen molar-refractivity contribution < 1.29 is 17.9 Å². The minimum absolute atomic E-state index is 0.0203. The molecule has 0 radical (unpaired) electrons. The molecule has 0 bridgehead atoms. The molecule has 1 aromatic heterocycles. The SMILES string of the molecule is FC(F)(F)[C@H]1CN(c2ccc3cccc(Cl)c3n2)CCO1. The molecule has 1 atom stereocenters. The molecule has 0 N–H and O–H groups in total. The van der Waals surface area contributed by atoms with Gasteiger partial charge >= 0.3 is 6.18 Å². The van der Waals surface area contributed by atoms with Crippen molar-refractivity contribution in [2.45, 2.75) is 12.3 Å². The number of anilines is 1. The lowest BCUT2D eigenvalue weighted by Crippen LogP contribution is -2.49. The lowest BCUT2D eigenvalue weighted by Gasteiger charge is -2.34. The van der Waals surface area contributed by atoms with E-state index in [4.69, 9.17) is 16.3 Å². The Morgan fingerprint density at radius 2 is 2.05 bits per heavy atom. The van der Waals surface area contributed by atoms with Crippen molar-refractivity contribution in [3.8, 4) is 0 Å². The number of halogens is 4. The van der Waals surface area contributed by atoms with Gasteiger partial charge in [-0.25, -0.2) is 4.98 Å². The summed E-state index contributed by atoms with van der Waals surface area (Å²) in [6, 6.07) is 8.88. The maximum Gasteiger partial charge on any atom is 0.416 e. The Morgan fingerprint density at radius 1 is 1.24 bits per heavy atom. The second-order valence-corrected chi connectivity index (χ2v) is 5.24. The van der Waals surface area contributed by atoms with E-state index in [-0.39, 0.29) is 13.2 Å². The number of para-hydroxylation sites is 1. The van der Waals surface area contributed by atoms with Crippen molar-refractivity contribution in [2.24, 2.45) is 0 Å². The molecule has 3 rings (SSSR count). The van der Waals surface area contributed by atoms with E-state index in [1.54, 1.807) is 23.1 Å². The minimum atomic E-state index is -4.37. The molecule has 21 heavy (non-hydrogen) atoms. The van der Waals surface area contributed by atoms with E-state index in [0.29, 0.717) is 22.9 Å². The molecule has 2 aromatic rings. The first-order valence-corrected chi connectivity index (χ1v) is 6.81. The summed E-state index contributed by atoms with van der Waals surface area (Å²) in [7, 11) is 0. The molecule has 3 nitrogen and oxygen atoms in total. The van der Waals surface area contributed by atoms with E-state index in [9.17, 15) is 13.2 Å². The molecule has 7 heteroatoms. The summed E-state index contributed by atoms with van der Waals surface area (Å²) < 4.78 is 43.0. The summed E-state index contributed by atoms with van der Waals surface area (Å²) in [5.74, 6) is 0.480. The van der Waals surface area contributed by atoms with Crippen LogP contribution in [-0.4, -0.2) is 37.0 Å². The molecular weight excluding hydrogens is 305 g/mol. The number of alkyl halides is 3. The maximum atomic E-state index is 12.8. The Bertz CT molecular complexity index is 662. The van der Waals surface area contributed by atoms with Crippen LogP contribution in [0, 0.1) is 0 Å². The summed E-state index contributed by atoms with van der Waals surface area (Å²) in [5.41, 5.74) is 0.590. The topological polar surface area (TPSA) is 25.4 Å². The van der Waals surface area contributed by atoms with E-state index < -0.39 is 12.3 Å². The van der Waals surface area contributed by atoms with E-state index >= 15 is 0 Å². The highest BCUT2D eigenvalue weighted by Crippen LogP contribution is 2.29. The standard InChI is InChI=1S/C14H12ClF3N2O/c15-10-3-1-2-9-4-5-12(19-13(9)10)20-6-7-21-11(8-20)14(16,17)18/h1-5,11H,6-8H2/t11-/m1/s1. The highest BCUT2D eigenvalue weighted by molar-refractivity contribution is 6.35. The third kappa shape index (κ3) is 2.91. The second kappa shape index (κ2) is 5.35. The summed E-state index contributed by atoms with van der Waals surface area (Å²) in [4.78, 5) is 5.96. The Hall–Kier alpha value is -1.53. The van der Waals surface area contributed by atoms with Gasteiger partial charge in [0.1, 0.15) is 5.82 Å². The monoisotopic (exact) mass is 316 g/mol. The van der Waals surface area contributed by atoms with Gasteiger partial charge in [0.05, 0.1) is 23.7 Å². The van der Waals surface area contributed by atoms with Crippen LogP contribution in [0.5, 0.6) is 0 Å². The van der Waals surface area contributed by atoms with Crippen LogP contribution in [0.1, 0.15) is 0 Å². The Morgan fingerprint density at radius 3 is 2.81 bits per heavy atom. The summed E-state index contributed by atoms with van der Waals surface area (Å²) in [6.45, 7) is 0.133. The number of pyridine rings is 1. The average molecular weight is 317 g/mol. The smallest absolute Gasteiger partial charge is 0.365 e. The zero-order valence-electron chi connectivity index (χ0n) is 10.9. The van der Waals surface area contributed by atoms with Crippen molar-refractivity contribution >= 4 is 28.3 Å². The highest BCUT2D eigenvalue weighted by atomic mass is 35.5. The number of aromatic nitrogens is 1. The van der Waals surface area contributed by atoms with E-state index in [2.05, 4.69) is 4.98 Å². The van der Waals surface area contributed by atoms with Gasteiger partial charge in [-0.05, 0) is 18.2 Å². The molecule has 112 valence electrons. The molecular formula is C14H12ClF3N2O. The number of nitrogens with zero attached hydrogens (tertiary/aromatic N) is 2. The normalized spacial score (nSPS) is 20.0. The highest BCUT2D eigenvalue weighted by Gasteiger charge is 2.43. The third-order valence-corrected chi connectivity index (χ3v) is 3.72. The molecule has 0 aliphatic carbocycles. The maximum absolute atomic E-state index is 12.8. The molecule has 0 unspecified atom stereocenters. The predicted molar refractivity (Wildman–Crippen MR) is 74.8 cm³/mol. The fourth-order valence-electron chi connectivity index (χ4n) is 2.33. The Kier molecular flexibility index (Phi) is 3.67. The van der Waals surface area contributed by atoms with Crippen molar-refractivity contribution in [1.29, 1.82) is 0 Å². The molecule has 1 aromatic carbocycles. The zero-order chi connectivity index (χ0) is 15.0. The van der Waals surface area contributed by atoms with Crippen molar-refractivity contribution in [1.82, 2.24) is 4.98 Å². The zero-order valence-corrected chi connectivity index (χ0v) is 11.7. The number of morpholine rings is 1. The first kappa shape index (κ1) is 14.4. The van der Waals surface area contributed by atoms with Crippen LogP contribution in [0.2, 0.25) is 5.02 Å². The molecule has 0 amide bonds. The molecule has 1 aliphatic heterocycles. The second-order valence-electron chi connectivity index (χ2n) is 4.83. The minimum Gasteiger partial charge on any atom is -0.365 e. The van der Waals surface area contributed by atoms with Crippen molar-refractivity contribution in [2.75, 3.05) is 24.6 Å². The molecule has 0 saturated carbocycles. The quantitative estimate of drug-likeness (QED) is 0.803. The fraction of sp³-hybridized carbons (Fsp3) is 0.357. The van der Waals surface area contributed by atoms with Gasteiger partial charge in [-0.1, -0.05) is 23.7 Å². The van der Waals surface area contributed by atoms with Gasteiger partial charge in [0.25, 0.3) is 0 Å². The summed E-state index contributed by atoms with van der Waals surface area (Å²) in [6.07, 6.45) is -6.15. The van der Waals surface area contributed by atoms with Crippen LogP contribution in [0.25, 0.3) is 10.9 Å². The summed E-state index contributed by atoms with van der Waals surface area (Å²) in [5, 5.41) is 1.34. The molecule has 2 heterocycles. The van der Waals surface area contributed by atoms with Crippen LogP contribution in [-0.2, 0) is 4.74 Å². The molecule has 1 fully saturated rings. The van der Waals surface area contributed by atoms with Gasteiger partial charge in [-0.2, -0.15) is 13.2 Å². The van der Waals surface area contributed by atoms with Crippen LogP contribution < -0.4 is 4.90 Å². The predicted octanol–water partition coefficient (Wildman–Crippen LogP) is 3.66. The van der Waals surface area contributed by atoms with Gasteiger partial charge in [0.15, 0.2) is 6.10 Å². The summed E-state index contributed by atoms with van der Waals surface area (Å²) >= 11 is 6.08. The number of ether oxygens (including phenoxy) is 1. The molecule has 1 aliphatic rings. The van der Waals surface area contributed by atoms with Crippen LogP contribution in [0.4, 0.5) is 19.0 Å². The van der Waals surface area contributed by atoms with Crippen LogP contribution >= 0.6 is 11.6 Å². The van der Waals surface area contributed by atoms with Gasteiger partial charge in [0.2, 0.25) is 0 Å². The van der Waals surface area contributed by atoms with Gasteiger partial charge in [-0.3, -0.25) is 0 Å². The van der Waals surface area contributed by atoms with Gasteiger partial charge in [-0.15, -0.1) is 0 Å². The van der Waals surface area contributed by atoms with E-state index in [1.807, 2.05) is 12.1 Å².